The van der Waals surface area contributed by atoms with E-state index in [2.05, 4.69) is 77.6 Å². The predicted octanol–water partition coefficient (Wildman–Crippen LogP) is 5.48. The maximum Gasteiger partial charge on any atom is 0.205 e. The highest BCUT2D eigenvalue weighted by Crippen LogP contribution is 2.30. The van der Waals surface area contributed by atoms with Gasteiger partial charge in [-0.15, -0.1) is 10.2 Å². The number of hydrogen-bond acceptors (Lipinski definition) is 5. The average molecular weight is 469 g/mol. The molecule has 8 nitrogen and oxygen atoms in total. The Labute approximate surface area is 205 Å². The summed E-state index contributed by atoms with van der Waals surface area (Å²) in [6, 6.07) is 31.0. The number of aromatic amines is 2. The van der Waals surface area contributed by atoms with E-state index in [4.69, 9.17) is 4.98 Å². The van der Waals surface area contributed by atoms with Gasteiger partial charge in [0.2, 0.25) is 5.82 Å². The van der Waals surface area contributed by atoms with Crippen molar-refractivity contribution in [2.24, 2.45) is 0 Å². The number of rotatable bonds is 5. The van der Waals surface area contributed by atoms with E-state index in [0.29, 0.717) is 12.4 Å². The van der Waals surface area contributed by atoms with Crippen LogP contribution in [0.25, 0.3) is 56.0 Å². The molecule has 7 rings (SSSR count). The Bertz CT molecular complexity index is 1780. The Hall–Kier alpha value is -5.11. The van der Waals surface area contributed by atoms with Crippen LogP contribution in [0.15, 0.2) is 97.3 Å². The molecule has 0 saturated carbocycles. The molecule has 8 heteroatoms. The standard InChI is InChI=1S/C28H20N8/c1-2-6-22(28-32-34-35-33-28)21(5-1)19-11-9-18(10-12-19)16-36-17-29-25-14-13-20(15-26(25)36)27-30-23-7-3-4-8-24(23)31-27/h1-15,17H,16H2,(H,30,31)(H,32,33,34,35). The summed E-state index contributed by atoms with van der Waals surface area (Å²) >= 11 is 0. The number of tetrazole rings is 1. The molecule has 0 unspecified atom stereocenters. The molecule has 0 fully saturated rings. The minimum Gasteiger partial charge on any atom is -0.338 e. The number of fused-ring (bicyclic) bond motifs is 2. The average Bonchev–Trinajstić information content (AvgIpc) is 3.69. The third-order valence-electron chi connectivity index (χ3n) is 6.42. The fraction of sp³-hybridized carbons (Fsp3) is 0.0357. The molecule has 172 valence electrons. The zero-order chi connectivity index (χ0) is 23.9. The number of nitrogens with zero attached hydrogens (tertiary/aromatic N) is 6. The molecule has 7 aromatic rings. The number of para-hydroxylation sites is 2. The summed E-state index contributed by atoms with van der Waals surface area (Å²) in [6.45, 7) is 0.715. The van der Waals surface area contributed by atoms with Gasteiger partial charge in [0.15, 0.2) is 0 Å². The summed E-state index contributed by atoms with van der Waals surface area (Å²) in [6.07, 6.45) is 1.90. The Morgan fingerprint density at radius 1 is 0.750 bits per heavy atom. The van der Waals surface area contributed by atoms with Crippen molar-refractivity contribution in [2.75, 3.05) is 0 Å². The highest BCUT2D eigenvalue weighted by Gasteiger charge is 2.12. The number of H-pyrrole nitrogens is 2. The highest BCUT2D eigenvalue weighted by molar-refractivity contribution is 5.84. The predicted molar refractivity (Wildman–Crippen MR) is 139 cm³/mol. The third kappa shape index (κ3) is 3.52. The zero-order valence-corrected chi connectivity index (χ0v) is 19.1. The zero-order valence-electron chi connectivity index (χ0n) is 19.1. The van der Waals surface area contributed by atoms with Crippen LogP contribution in [0.3, 0.4) is 0 Å². The lowest BCUT2D eigenvalue weighted by Gasteiger charge is -2.09. The topological polar surface area (TPSA) is 101 Å². The van der Waals surface area contributed by atoms with Gasteiger partial charge in [-0.3, -0.25) is 0 Å². The van der Waals surface area contributed by atoms with E-state index >= 15 is 0 Å². The van der Waals surface area contributed by atoms with Gasteiger partial charge >= 0.3 is 0 Å². The Balaban J connectivity index is 1.19. The number of imidazole rings is 2. The molecule has 0 atom stereocenters. The Morgan fingerprint density at radius 3 is 2.39 bits per heavy atom. The van der Waals surface area contributed by atoms with Crippen molar-refractivity contribution < 1.29 is 0 Å². The summed E-state index contributed by atoms with van der Waals surface area (Å²) < 4.78 is 2.17. The van der Waals surface area contributed by atoms with E-state index in [1.807, 2.05) is 54.9 Å². The number of hydrogen-bond donors (Lipinski definition) is 2. The van der Waals surface area contributed by atoms with E-state index in [1.165, 1.54) is 5.56 Å². The molecular weight excluding hydrogens is 448 g/mol. The van der Waals surface area contributed by atoms with Crippen LogP contribution in [0.1, 0.15) is 5.56 Å². The molecule has 4 aromatic carbocycles. The summed E-state index contributed by atoms with van der Waals surface area (Å²) in [4.78, 5) is 12.8. The maximum atomic E-state index is 4.75. The number of aromatic nitrogens is 8. The molecule has 3 aromatic heterocycles. The second-order valence-corrected chi connectivity index (χ2v) is 8.66. The van der Waals surface area contributed by atoms with Gasteiger partial charge in [-0.2, -0.15) is 5.21 Å². The fourth-order valence-corrected chi connectivity index (χ4v) is 4.61. The van der Waals surface area contributed by atoms with Gasteiger partial charge in [-0.25, -0.2) is 9.97 Å². The summed E-state index contributed by atoms with van der Waals surface area (Å²) in [5.74, 6) is 1.44. The van der Waals surface area contributed by atoms with Gasteiger partial charge in [0.25, 0.3) is 0 Å². The van der Waals surface area contributed by atoms with Crippen LogP contribution in [-0.2, 0) is 6.54 Å². The molecule has 0 radical (unpaired) electrons. The number of nitrogens with one attached hydrogen (secondary N) is 2. The largest absolute Gasteiger partial charge is 0.338 e. The van der Waals surface area contributed by atoms with Crippen LogP contribution in [0.2, 0.25) is 0 Å². The Morgan fingerprint density at radius 2 is 1.56 bits per heavy atom. The monoisotopic (exact) mass is 468 g/mol. The van der Waals surface area contributed by atoms with Gasteiger partial charge in [0.05, 0.1) is 28.4 Å². The molecular formula is C28H20N8. The summed E-state index contributed by atoms with van der Waals surface area (Å²) in [5, 5.41) is 14.5. The summed E-state index contributed by atoms with van der Waals surface area (Å²) in [7, 11) is 0. The quantitative estimate of drug-likeness (QED) is 0.349. The van der Waals surface area contributed by atoms with Crippen molar-refractivity contribution in [3.05, 3.63) is 103 Å². The third-order valence-corrected chi connectivity index (χ3v) is 6.42. The van der Waals surface area contributed by atoms with Gasteiger partial charge in [-0.1, -0.05) is 60.7 Å². The van der Waals surface area contributed by atoms with Gasteiger partial charge < -0.3 is 9.55 Å². The van der Waals surface area contributed by atoms with Crippen LogP contribution in [0.5, 0.6) is 0 Å². The van der Waals surface area contributed by atoms with E-state index in [1.54, 1.807) is 0 Å². The van der Waals surface area contributed by atoms with Crippen LogP contribution in [0.4, 0.5) is 0 Å². The van der Waals surface area contributed by atoms with E-state index in [9.17, 15) is 0 Å². The van der Waals surface area contributed by atoms with Crippen molar-refractivity contribution in [3.63, 3.8) is 0 Å². The first-order valence-corrected chi connectivity index (χ1v) is 11.6. The van der Waals surface area contributed by atoms with E-state index in [-0.39, 0.29) is 0 Å². The lowest BCUT2D eigenvalue weighted by atomic mass is 9.98. The lowest BCUT2D eigenvalue weighted by molar-refractivity contribution is 0.825. The first-order valence-electron chi connectivity index (χ1n) is 11.6. The second kappa shape index (κ2) is 8.28. The van der Waals surface area contributed by atoms with Crippen LogP contribution >= 0.6 is 0 Å². The van der Waals surface area contributed by atoms with E-state index < -0.39 is 0 Å². The molecule has 2 N–H and O–H groups in total. The molecule has 3 heterocycles. The molecule has 0 bridgehead atoms. The SMILES string of the molecule is c1ccc(-c2nn[nH]n2)c(-c2ccc(Cn3cnc4ccc(-c5nc6ccccc6[nH]5)cc43)cc2)c1. The first-order chi connectivity index (χ1) is 17.8. The van der Waals surface area contributed by atoms with Crippen molar-refractivity contribution >= 4 is 22.1 Å². The smallest absolute Gasteiger partial charge is 0.205 e. The highest BCUT2D eigenvalue weighted by atomic mass is 15.5. The molecule has 0 amide bonds. The first kappa shape index (κ1) is 20.3. The minimum absolute atomic E-state index is 0.583. The maximum absolute atomic E-state index is 4.75. The molecule has 0 saturated heterocycles. The minimum atomic E-state index is 0.583. The summed E-state index contributed by atoms with van der Waals surface area (Å²) in [5.41, 5.74) is 9.34. The van der Waals surface area contributed by atoms with Crippen molar-refractivity contribution in [2.45, 2.75) is 6.54 Å². The normalized spacial score (nSPS) is 11.4. The van der Waals surface area contributed by atoms with Gasteiger partial charge in [-0.05, 0) is 52.2 Å². The molecule has 0 aliphatic rings. The molecule has 36 heavy (non-hydrogen) atoms. The van der Waals surface area contributed by atoms with E-state index in [0.717, 1.165) is 50.1 Å². The van der Waals surface area contributed by atoms with Crippen molar-refractivity contribution in [1.82, 2.24) is 40.1 Å². The van der Waals surface area contributed by atoms with Crippen molar-refractivity contribution in [1.29, 1.82) is 0 Å². The second-order valence-electron chi connectivity index (χ2n) is 8.66. The fourth-order valence-electron chi connectivity index (χ4n) is 4.61. The Kier molecular flexibility index (Phi) is 4.66. The van der Waals surface area contributed by atoms with Gasteiger partial charge in [0, 0.05) is 17.7 Å². The van der Waals surface area contributed by atoms with Gasteiger partial charge in [0.1, 0.15) is 5.82 Å². The molecule has 0 aliphatic carbocycles. The van der Waals surface area contributed by atoms with Crippen LogP contribution in [-0.4, -0.2) is 40.1 Å². The molecule has 0 aliphatic heterocycles. The van der Waals surface area contributed by atoms with Crippen molar-refractivity contribution in [3.8, 4) is 33.9 Å². The molecule has 0 spiro atoms. The van der Waals surface area contributed by atoms with Crippen LogP contribution < -0.4 is 0 Å². The number of benzene rings is 4. The lowest BCUT2D eigenvalue weighted by Crippen LogP contribution is -1.98. The van der Waals surface area contributed by atoms with Crippen LogP contribution in [0, 0.1) is 0 Å².